The van der Waals surface area contributed by atoms with Crippen LogP contribution in [-0.4, -0.2) is 32.0 Å². The van der Waals surface area contributed by atoms with Crippen LogP contribution in [-0.2, 0) is 11.2 Å². The molecular weight excluding hydrogens is 180 g/mol. The Morgan fingerprint density at radius 3 is 2.86 bits per heavy atom. The molecule has 0 aliphatic rings. The van der Waals surface area contributed by atoms with Gasteiger partial charge >= 0.3 is 0 Å². The highest BCUT2D eigenvalue weighted by molar-refractivity contribution is 5.28. The third kappa shape index (κ3) is 3.77. The second kappa shape index (κ2) is 6.40. The van der Waals surface area contributed by atoms with Crippen molar-refractivity contribution in [3.8, 4) is 5.75 Å². The third-order valence-electron chi connectivity index (χ3n) is 1.86. The molecule has 0 aliphatic heterocycles. The van der Waals surface area contributed by atoms with E-state index in [9.17, 15) is 0 Å². The molecule has 1 rings (SSSR count). The summed E-state index contributed by atoms with van der Waals surface area (Å²) in [6, 6.07) is 7.73. The maximum absolute atomic E-state index is 8.76. The van der Waals surface area contributed by atoms with E-state index in [1.54, 1.807) is 7.11 Å². The Balaban J connectivity index is 2.46. The van der Waals surface area contributed by atoms with E-state index in [2.05, 4.69) is 0 Å². The first-order valence-corrected chi connectivity index (χ1v) is 4.68. The normalized spacial score (nSPS) is 10.1. The van der Waals surface area contributed by atoms with E-state index < -0.39 is 0 Å². The zero-order valence-electron chi connectivity index (χ0n) is 8.40. The quantitative estimate of drug-likeness (QED) is 0.696. The molecule has 3 nitrogen and oxygen atoms in total. The van der Waals surface area contributed by atoms with E-state index in [0.717, 1.165) is 11.3 Å². The van der Waals surface area contributed by atoms with Gasteiger partial charge in [-0.05, 0) is 24.1 Å². The van der Waals surface area contributed by atoms with Gasteiger partial charge < -0.3 is 14.6 Å². The fourth-order valence-corrected chi connectivity index (χ4v) is 1.16. The van der Waals surface area contributed by atoms with Gasteiger partial charge in [-0.15, -0.1) is 0 Å². The van der Waals surface area contributed by atoms with E-state index >= 15 is 0 Å². The van der Waals surface area contributed by atoms with Crippen LogP contribution in [0.4, 0.5) is 0 Å². The van der Waals surface area contributed by atoms with Gasteiger partial charge in [-0.25, -0.2) is 0 Å². The number of benzene rings is 1. The lowest BCUT2D eigenvalue weighted by molar-refractivity contribution is 0.146. The molecule has 0 unspecified atom stereocenters. The summed E-state index contributed by atoms with van der Waals surface area (Å²) in [7, 11) is 1.64. The highest BCUT2D eigenvalue weighted by Gasteiger charge is 1.96. The summed E-state index contributed by atoms with van der Waals surface area (Å²) in [5, 5.41) is 8.76. The second-order valence-electron chi connectivity index (χ2n) is 2.96. The molecular formula is C11H16O3. The average Bonchev–Trinajstić information content (AvgIpc) is 2.19. The lowest BCUT2D eigenvalue weighted by Gasteiger charge is -2.06. The monoisotopic (exact) mass is 196 g/mol. The summed E-state index contributed by atoms with van der Waals surface area (Å²) in [6.45, 7) is 1.31. The van der Waals surface area contributed by atoms with Crippen LogP contribution in [0.2, 0.25) is 0 Å². The minimum Gasteiger partial charge on any atom is -0.491 e. The maximum Gasteiger partial charge on any atom is 0.119 e. The van der Waals surface area contributed by atoms with Crippen molar-refractivity contribution >= 4 is 0 Å². The Kier molecular flexibility index (Phi) is 5.04. The zero-order valence-corrected chi connectivity index (χ0v) is 8.40. The van der Waals surface area contributed by atoms with E-state index in [1.165, 1.54) is 0 Å². The van der Waals surface area contributed by atoms with Crippen LogP contribution in [0.25, 0.3) is 0 Å². The molecule has 14 heavy (non-hydrogen) atoms. The lowest BCUT2D eigenvalue weighted by atomic mass is 10.1. The van der Waals surface area contributed by atoms with Crippen LogP contribution in [0.1, 0.15) is 5.56 Å². The van der Waals surface area contributed by atoms with Crippen LogP contribution < -0.4 is 4.74 Å². The van der Waals surface area contributed by atoms with Crippen molar-refractivity contribution in [1.82, 2.24) is 0 Å². The van der Waals surface area contributed by atoms with Crippen molar-refractivity contribution < 1.29 is 14.6 Å². The largest absolute Gasteiger partial charge is 0.491 e. The first-order valence-electron chi connectivity index (χ1n) is 4.68. The molecule has 0 bridgehead atoms. The van der Waals surface area contributed by atoms with Crippen LogP contribution in [0, 0.1) is 0 Å². The highest BCUT2D eigenvalue weighted by Crippen LogP contribution is 2.13. The summed E-state index contributed by atoms with van der Waals surface area (Å²) in [5.41, 5.74) is 1.09. The van der Waals surface area contributed by atoms with E-state index in [4.69, 9.17) is 14.6 Å². The molecule has 0 atom stereocenters. The summed E-state index contributed by atoms with van der Waals surface area (Å²) >= 11 is 0. The Labute approximate surface area is 84.3 Å². The number of methoxy groups -OCH3 is 1. The Morgan fingerprint density at radius 2 is 2.14 bits per heavy atom. The summed E-state index contributed by atoms with van der Waals surface area (Å²) in [4.78, 5) is 0. The number of ether oxygens (including phenoxy) is 2. The highest BCUT2D eigenvalue weighted by atomic mass is 16.5. The Hall–Kier alpha value is -1.06. The standard InChI is InChI=1S/C11H16O3/c1-13-7-8-14-11-4-2-3-10(9-11)5-6-12/h2-4,9,12H,5-8H2,1H3. The number of aliphatic hydroxyl groups excluding tert-OH is 1. The van der Waals surface area contributed by atoms with Gasteiger partial charge in [0.15, 0.2) is 0 Å². The third-order valence-corrected chi connectivity index (χ3v) is 1.86. The molecule has 0 fully saturated rings. The second-order valence-corrected chi connectivity index (χ2v) is 2.96. The van der Waals surface area contributed by atoms with Gasteiger partial charge in [-0.1, -0.05) is 12.1 Å². The number of aliphatic hydroxyl groups is 1. The number of rotatable bonds is 6. The first-order chi connectivity index (χ1) is 6.86. The predicted octanol–water partition coefficient (Wildman–Crippen LogP) is 1.25. The molecule has 0 aromatic heterocycles. The fraction of sp³-hybridized carbons (Fsp3) is 0.455. The van der Waals surface area contributed by atoms with Gasteiger partial charge in [0.05, 0.1) is 6.61 Å². The van der Waals surface area contributed by atoms with Gasteiger partial charge in [0, 0.05) is 13.7 Å². The van der Waals surface area contributed by atoms with E-state index in [0.29, 0.717) is 19.6 Å². The molecule has 0 saturated heterocycles. The van der Waals surface area contributed by atoms with Crippen molar-refractivity contribution in [2.45, 2.75) is 6.42 Å². The lowest BCUT2D eigenvalue weighted by Crippen LogP contribution is -2.04. The van der Waals surface area contributed by atoms with Gasteiger partial charge in [0.2, 0.25) is 0 Å². The van der Waals surface area contributed by atoms with E-state index in [-0.39, 0.29) is 6.61 Å². The minimum absolute atomic E-state index is 0.168. The fourth-order valence-electron chi connectivity index (χ4n) is 1.16. The Bertz CT molecular complexity index is 260. The predicted molar refractivity (Wildman–Crippen MR) is 54.6 cm³/mol. The first kappa shape index (κ1) is 11.0. The summed E-state index contributed by atoms with van der Waals surface area (Å²) < 4.78 is 10.3. The summed E-state index contributed by atoms with van der Waals surface area (Å²) in [6.07, 6.45) is 0.668. The molecule has 3 heteroatoms. The molecule has 0 amide bonds. The maximum atomic E-state index is 8.76. The van der Waals surface area contributed by atoms with Crippen LogP contribution in [0.15, 0.2) is 24.3 Å². The Morgan fingerprint density at radius 1 is 1.29 bits per heavy atom. The molecule has 0 saturated carbocycles. The van der Waals surface area contributed by atoms with Crippen LogP contribution >= 0.6 is 0 Å². The molecule has 0 spiro atoms. The van der Waals surface area contributed by atoms with Crippen LogP contribution in [0.3, 0.4) is 0 Å². The molecule has 1 N–H and O–H groups in total. The van der Waals surface area contributed by atoms with Crippen molar-refractivity contribution in [3.63, 3.8) is 0 Å². The van der Waals surface area contributed by atoms with Crippen molar-refractivity contribution in [2.75, 3.05) is 26.9 Å². The van der Waals surface area contributed by atoms with Gasteiger partial charge in [-0.2, -0.15) is 0 Å². The zero-order chi connectivity index (χ0) is 10.2. The minimum atomic E-state index is 0.168. The van der Waals surface area contributed by atoms with Crippen molar-refractivity contribution in [1.29, 1.82) is 0 Å². The topological polar surface area (TPSA) is 38.7 Å². The smallest absolute Gasteiger partial charge is 0.119 e. The molecule has 78 valence electrons. The summed E-state index contributed by atoms with van der Waals surface area (Å²) in [5.74, 6) is 0.827. The SMILES string of the molecule is COCCOc1cccc(CCO)c1. The molecule has 1 aromatic rings. The molecule has 0 heterocycles. The van der Waals surface area contributed by atoms with Gasteiger partial charge in [-0.3, -0.25) is 0 Å². The molecule has 0 aliphatic carbocycles. The van der Waals surface area contributed by atoms with Gasteiger partial charge in [0.1, 0.15) is 12.4 Å². The number of hydrogen-bond donors (Lipinski definition) is 1. The van der Waals surface area contributed by atoms with Crippen molar-refractivity contribution in [3.05, 3.63) is 29.8 Å². The molecule has 0 radical (unpaired) electrons. The number of hydrogen-bond acceptors (Lipinski definition) is 3. The molecule has 1 aromatic carbocycles. The van der Waals surface area contributed by atoms with Crippen molar-refractivity contribution in [2.24, 2.45) is 0 Å². The van der Waals surface area contributed by atoms with E-state index in [1.807, 2.05) is 24.3 Å². The van der Waals surface area contributed by atoms with Crippen LogP contribution in [0.5, 0.6) is 5.75 Å². The average molecular weight is 196 g/mol. The van der Waals surface area contributed by atoms with Gasteiger partial charge in [0.25, 0.3) is 0 Å².